The van der Waals surface area contributed by atoms with Gasteiger partial charge in [0, 0.05) is 26.1 Å². The summed E-state index contributed by atoms with van der Waals surface area (Å²) in [6.45, 7) is 6.55. The molecule has 1 saturated heterocycles. The maximum atomic E-state index is 11.7. The second-order valence-corrected chi connectivity index (χ2v) is 5.19. The minimum atomic E-state index is 0.290. The van der Waals surface area contributed by atoms with Gasteiger partial charge in [-0.05, 0) is 24.7 Å². The van der Waals surface area contributed by atoms with Crippen LogP contribution in [-0.2, 0) is 4.79 Å². The predicted octanol–water partition coefficient (Wildman–Crippen LogP) is 2.04. The van der Waals surface area contributed by atoms with Crippen molar-refractivity contribution in [3.63, 3.8) is 0 Å². The Bertz CT molecular complexity index is 216. The van der Waals surface area contributed by atoms with Crippen LogP contribution in [0.15, 0.2) is 0 Å². The molecule has 0 saturated carbocycles. The molecule has 1 aliphatic rings. The molecule has 1 heterocycles. The molecule has 1 atom stereocenters. The summed E-state index contributed by atoms with van der Waals surface area (Å²) in [4.78, 5) is 13.7. The standard InChI is InChI=1S/C13H25NO2/c1-11(2)12-9-13(16)14(10-12)7-5-3-4-6-8-15/h11-12,15H,3-10H2,1-2H3. The lowest BCUT2D eigenvalue weighted by molar-refractivity contribution is -0.127. The predicted molar refractivity (Wildman–Crippen MR) is 65.1 cm³/mol. The van der Waals surface area contributed by atoms with E-state index in [1.54, 1.807) is 0 Å². The molecule has 0 spiro atoms. The number of aliphatic hydroxyl groups is 1. The minimum Gasteiger partial charge on any atom is -0.396 e. The van der Waals surface area contributed by atoms with Crippen LogP contribution in [-0.4, -0.2) is 35.6 Å². The van der Waals surface area contributed by atoms with Crippen molar-refractivity contribution in [3.05, 3.63) is 0 Å². The Hall–Kier alpha value is -0.570. The van der Waals surface area contributed by atoms with Crippen molar-refractivity contribution in [2.45, 2.75) is 46.0 Å². The zero-order chi connectivity index (χ0) is 12.0. The average molecular weight is 227 g/mol. The second-order valence-electron chi connectivity index (χ2n) is 5.19. The van der Waals surface area contributed by atoms with Crippen LogP contribution >= 0.6 is 0 Å². The number of likely N-dealkylation sites (tertiary alicyclic amines) is 1. The van der Waals surface area contributed by atoms with Gasteiger partial charge in [0.25, 0.3) is 0 Å². The number of carbonyl (C=O) groups is 1. The second kappa shape index (κ2) is 6.89. The highest BCUT2D eigenvalue weighted by Gasteiger charge is 2.30. The summed E-state index contributed by atoms with van der Waals surface area (Å²) in [6.07, 6.45) is 4.91. The molecule has 0 bridgehead atoms. The highest BCUT2D eigenvalue weighted by molar-refractivity contribution is 5.78. The molecule has 0 aromatic rings. The van der Waals surface area contributed by atoms with Crippen LogP contribution in [0.4, 0.5) is 0 Å². The first-order valence-electron chi connectivity index (χ1n) is 6.53. The van der Waals surface area contributed by atoms with E-state index in [4.69, 9.17) is 5.11 Å². The summed E-state index contributed by atoms with van der Waals surface area (Å²) in [5.41, 5.74) is 0. The number of hydrogen-bond acceptors (Lipinski definition) is 2. The summed E-state index contributed by atoms with van der Waals surface area (Å²) in [6, 6.07) is 0. The molecule has 1 fully saturated rings. The summed E-state index contributed by atoms with van der Waals surface area (Å²) >= 11 is 0. The maximum absolute atomic E-state index is 11.7. The Morgan fingerprint density at radius 3 is 2.56 bits per heavy atom. The average Bonchev–Trinajstić information content (AvgIpc) is 2.60. The molecule has 94 valence electrons. The largest absolute Gasteiger partial charge is 0.396 e. The van der Waals surface area contributed by atoms with E-state index in [2.05, 4.69) is 13.8 Å². The van der Waals surface area contributed by atoms with Gasteiger partial charge in [-0.2, -0.15) is 0 Å². The van der Waals surface area contributed by atoms with Crippen LogP contribution in [0.3, 0.4) is 0 Å². The minimum absolute atomic E-state index is 0.290. The Labute approximate surface area is 98.8 Å². The van der Waals surface area contributed by atoms with Crippen molar-refractivity contribution in [2.75, 3.05) is 19.7 Å². The fourth-order valence-electron chi connectivity index (χ4n) is 2.23. The Morgan fingerprint density at radius 2 is 2.00 bits per heavy atom. The van der Waals surface area contributed by atoms with E-state index in [9.17, 15) is 4.79 Å². The summed E-state index contributed by atoms with van der Waals surface area (Å²) in [5, 5.41) is 8.65. The van der Waals surface area contributed by atoms with Crippen LogP contribution in [0.25, 0.3) is 0 Å². The van der Waals surface area contributed by atoms with Gasteiger partial charge in [0.2, 0.25) is 5.91 Å². The summed E-state index contributed by atoms with van der Waals surface area (Å²) in [7, 11) is 0. The van der Waals surface area contributed by atoms with Crippen LogP contribution in [0.5, 0.6) is 0 Å². The highest BCUT2D eigenvalue weighted by atomic mass is 16.2. The number of hydrogen-bond donors (Lipinski definition) is 1. The lowest BCUT2D eigenvalue weighted by Gasteiger charge is -2.17. The Balaban J connectivity index is 2.15. The fourth-order valence-corrected chi connectivity index (χ4v) is 2.23. The topological polar surface area (TPSA) is 40.5 Å². The van der Waals surface area contributed by atoms with Crippen molar-refractivity contribution >= 4 is 5.91 Å². The summed E-state index contributed by atoms with van der Waals surface area (Å²) in [5.74, 6) is 1.51. The summed E-state index contributed by atoms with van der Waals surface area (Å²) < 4.78 is 0. The number of carbonyl (C=O) groups excluding carboxylic acids is 1. The van der Waals surface area contributed by atoms with Gasteiger partial charge in [0.1, 0.15) is 0 Å². The molecule has 3 nitrogen and oxygen atoms in total. The Morgan fingerprint density at radius 1 is 1.31 bits per heavy atom. The first kappa shape index (κ1) is 13.5. The first-order valence-corrected chi connectivity index (χ1v) is 6.53. The fraction of sp³-hybridized carbons (Fsp3) is 0.923. The molecular formula is C13H25NO2. The maximum Gasteiger partial charge on any atom is 0.222 e. The number of unbranched alkanes of at least 4 members (excludes halogenated alkanes) is 3. The van der Waals surface area contributed by atoms with E-state index in [-0.39, 0.29) is 6.61 Å². The number of aliphatic hydroxyl groups excluding tert-OH is 1. The normalized spacial score (nSPS) is 21.1. The molecule has 1 amide bonds. The van der Waals surface area contributed by atoms with Crippen LogP contribution < -0.4 is 0 Å². The number of nitrogens with zero attached hydrogens (tertiary/aromatic N) is 1. The quantitative estimate of drug-likeness (QED) is 0.676. The molecular weight excluding hydrogens is 202 g/mol. The molecule has 0 radical (unpaired) electrons. The number of amides is 1. The van der Waals surface area contributed by atoms with Crippen LogP contribution in [0.1, 0.15) is 46.0 Å². The van der Waals surface area contributed by atoms with E-state index in [0.717, 1.165) is 45.2 Å². The van der Waals surface area contributed by atoms with E-state index in [0.29, 0.717) is 17.7 Å². The van der Waals surface area contributed by atoms with Crippen LogP contribution in [0.2, 0.25) is 0 Å². The van der Waals surface area contributed by atoms with Crippen LogP contribution in [0, 0.1) is 11.8 Å². The van der Waals surface area contributed by atoms with E-state index >= 15 is 0 Å². The van der Waals surface area contributed by atoms with E-state index < -0.39 is 0 Å². The van der Waals surface area contributed by atoms with Crippen molar-refractivity contribution in [3.8, 4) is 0 Å². The van der Waals surface area contributed by atoms with Crippen molar-refractivity contribution in [1.29, 1.82) is 0 Å². The lowest BCUT2D eigenvalue weighted by atomic mass is 9.95. The third-order valence-corrected chi connectivity index (χ3v) is 3.52. The van der Waals surface area contributed by atoms with Gasteiger partial charge in [0.05, 0.1) is 0 Å². The number of rotatable bonds is 7. The third kappa shape index (κ3) is 4.12. The van der Waals surface area contributed by atoms with Gasteiger partial charge in [-0.15, -0.1) is 0 Å². The van der Waals surface area contributed by atoms with E-state index in [1.165, 1.54) is 0 Å². The highest BCUT2D eigenvalue weighted by Crippen LogP contribution is 2.24. The smallest absolute Gasteiger partial charge is 0.222 e. The van der Waals surface area contributed by atoms with Gasteiger partial charge in [0.15, 0.2) is 0 Å². The van der Waals surface area contributed by atoms with Gasteiger partial charge < -0.3 is 10.0 Å². The van der Waals surface area contributed by atoms with Gasteiger partial charge in [-0.25, -0.2) is 0 Å². The molecule has 16 heavy (non-hydrogen) atoms. The molecule has 1 N–H and O–H groups in total. The molecule has 1 unspecified atom stereocenters. The van der Waals surface area contributed by atoms with Gasteiger partial charge in [-0.3, -0.25) is 4.79 Å². The van der Waals surface area contributed by atoms with E-state index in [1.807, 2.05) is 4.90 Å². The molecule has 1 aliphatic heterocycles. The van der Waals surface area contributed by atoms with Gasteiger partial charge >= 0.3 is 0 Å². The molecule has 1 rings (SSSR count). The molecule has 0 aliphatic carbocycles. The third-order valence-electron chi connectivity index (χ3n) is 3.52. The lowest BCUT2D eigenvalue weighted by Crippen LogP contribution is -2.26. The first-order chi connectivity index (χ1) is 7.65. The molecule has 0 aromatic heterocycles. The molecule has 3 heteroatoms. The zero-order valence-electron chi connectivity index (χ0n) is 10.6. The van der Waals surface area contributed by atoms with Gasteiger partial charge in [-0.1, -0.05) is 26.7 Å². The monoisotopic (exact) mass is 227 g/mol. The van der Waals surface area contributed by atoms with Crippen molar-refractivity contribution in [2.24, 2.45) is 11.8 Å². The van der Waals surface area contributed by atoms with Crippen molar-refractivity contribution in [1.82, 2.24) is 4.90 Å². The van der Waals surface area contributed by atoms with Crippen molar-refractivity contribution < 1.29 is 9.90 Å². The zero-order valence-corrected chi connectivity index (χ0v) is 10.6. The molecule has 0 aromatic carbocycles. The Kier molecular flexibility index (Phi) is 5.81. The SMILES string of the molecule is CC(C)C1CC(=O)N(CCCCCCO)C1.